The lowest BCUT2D eigenvalue weighted by Crippen LogP contribution is -2.24. The number of nitrogens with two attached hydrogens (primary N) is 1. The second-order valence-corrected chi connectivity index (χ2v) is 7.39. The zero-order valence-electron chi connectivity index (χ0n) is 11.0. The van der Waals surface area contributed by atoms with Crippen LogP contribution in [0.25, 0.3) is 0 Å². The van der Waals surface area contributed by atoms with Gasteiger partial charge in [-0.25, -0.2) is 13.1 Å². The van der Waals surface area contributed by atoms with Crippen molar-refractivity contribution >= 4 is 38.6 Å². The average Bonchev–Trinajstić information content (AvgIpc) is 2.82. The smallest absolute Gasteiger partial charge is 0.304 e. The van der Waals surface area contributed by atoms with Crippen molar-refractivity contribution in [3.63, 3.8) is 0 Å². The van der Waals surface area contributed by atoms with Gasteiger partial charge in [-0.05, 0) is 24.6 Å². The van der Waals surface area contributed by atoms with Crippen molar-refractivity contribution in [2.24, 2.45) is 5.73 Å². The molecule has 112 valence electrons. The van der Waals surface area contributed by atoms with Crippen LogP contribution < -0.4 is 15.3 Å². The van der Waals surface area contributed by atoms with Crippen LogP contribution in [0.1, 0.15) is 16.8 Å². The summed E-state index contributed by atoms with van der Waals surface area (Å²) in [7, 11) is -3.67. The SMILES string of the molecule is Cc1cc(S(=O)(=O)NCc2csc(=O)[nH]2)ccc1C(N)=S. The highest BCUT2D eigenvalue weighted by atomic mass is 32.2. The quantitative estimate of drug-likeness (QED) is 0.698. The van der Waals surface area contributed by atoms with Gasteiger partial charge >= 0.3 is 4.87 Å². The Bertz CT molecular complexity index is 837. The molecule has 0 aliphatic rings. The minimum atomic E-state index is -3.67. The lowest BCUT2D eigenvalue weighted by Gasteiger charge is -2.09. The number of aryl methyl sites for hydroxylation is 1. The average molecular weight is 343 g/mol. The molecule has 0 fully saturated rings. The zero-order valence-corrected chi connectivity index (χ0v) is 13.5. The molecule has 1 aromatic heterocycles. The minimum Gasteiger partial charge on any atom is -0.389 e. The van der Waals surface area contributed by atoms with Gasteiger partial charge in [0.25, 0.3) is 0 Å². The van der Waals surface area contributed by atoms with Crippen LogP contribution in [0, 0.1) is 6.92 Å². The van der Waals surface area contributed by atoms with Gasteiger partial charge in [0.2, 0.25) is 10.0 Å². The van der Waals surface area contributed by atoms with Crippen molar-refractivity contribution in [2.45, 2.75) is 18.4 Å². The molecule has 2 rings (SSSR count). The highest BCUT2D eigenvalue weighted by Crippen LogP contribution is 2.15. The zero-order chi connectivity index (χ0) is 15.6. The maximum absolute atomic E-state index is 12.2. The third-order valence-electron chi connectivity index (χ3n) is 2.80. The van der Waals surface area contributed by atoms with E-state index >= 15 is 0 Å². The second kappa shape index (κ2) is 6.06. The number of aromatic nitrogens is 1. The maximum Gasteiger partial charge on any atom is 0.304 e. The molecule has 0 saturated carbocycles. The molecule has 0 radical (unpaired) electrons. The van der Waals surface area contributed by atoms with Gasteiger partial charge in [-0.15, -0.1) is 0 Å². The largest absolute Gasteiger partial charge is 0.389 e. The predicted octanol–water partition coefficient (Wildman–Crippen LogP) is 0.858. The summed E-state index contributed by atoms with van der Waals surface area (Å²) in [5, 5.41) is 1.58. The fourth-order valence-corrected chi connectivity index (χ4v) is 3.64. The summed E-state index contributed by atoms with van der Waals surface area (Å²) in [6.07, 6.45) is 0. The number of nitrogens with one attached hydrogen (secondary N) is 2. The first-order chi connectivity index (χ1) is 9.79. The number of thiocarbonyl (C=S) groups is 1. The van der Waals surface area contributed by atoms with E-state index in [-0.39, 0.29) is 21.3 Å². The molecule has 1 aromatic carbocycles. The summed E-state index contributed by atoms with van der Waals surface area (Å²) >= 11 is 5.87. The van der Waals surface area contributed by atoms with Gasteiger partial charge in [0.1, 0.15) is 4.99 Å². The van der Waals surface area contributed by atoms with Crippen molar-refractivity contribution in [1.29, 1.82) is 0 Å². The molecule has 4 N–H and O–H groups in total. The first-order valence-corrected chi connectivity index (χ1v) is 8.63. The lowest BCUT2D eigenvalue weighted by atomic mass is 10.1. The van der Waals surface area contributed by atoms with Gasteiger partial charge in [-0.1, -0.05) is 29.6 Å². The molecule has 0 amide bonds. The molecule has 0 aliphatic heterocycles. The third-order valence-corrected chi connectivity index (χ3v) is 5.13. The van der Waals surface area contributed by atoms with Crippen LogP contribution in [-0.2, 0) is 16.6 Å². The maximum atomic E-state index is 12.2. The number of sulfonamides is 1. The topological polar surface area (TPSA) is 105 Å². The molecule has 6 nitrogen and oxygen atoms in total. The Morgan fingerprint density at radius 2 is 2.19 bits per heavy atom. The van der Waals surface area contributed by atoms with Gasteiger partial charge in [-0.2, -0.15) is 0 Å². The van der Waals surface area contributed by atoms with Crippen molar-refractivity contribution in [3.05, 3.63) is 50.1 Å². The highest BCUT2D eigenvalue weighted by Gasteiger charge is 2.15. The van der Waals surface area contributed by atoms with E-state index in [0.29, 0.717) is 16.8 Å². The molecular weight excluding hydrogens is 330 g/mol. The molecule has 0 bridgehead atoms. The number of H-pyrrole nitrogens is 1. The van der Waals surface area contributed by atoms with Crippen molar-refractivity contribution in [3.8, 4) is 0 Å². The van der Waals surface area contributed by atoms with Crippen molar-refractivity contribution < 1.29 is 8.42 Å². The van der Waals surface area contributed by atoms with Crippen LogP contribution in [-0.4, -0.2) is 18.4 Å². The van der Waals surface area contributed by atoms with Crippen LogP contribution >= 0.6 is 23.6 Å². The van der Waals surface area contributed by atoms with E-state index < -0.39 is 10.0 Å². The molecular formula is C12H13N3O3S3. The summed E-state index contributed by atoms with van der Waals surface area (Å²) in [5.74, 6) is 0. The monoisotopic (exact) mass is 343 g/mol. The van der Waals surface area contributed by atoms with Gasteiger partial charge in [0, 0.05) is 16.6 Å². The Morgan fingerprint density at radius 1 is 1.48 bits per heavy atom. The van der Waals surface area contributed by atoms with Gasteiger partial charge in [0.15, 0.2) is 0 Å². The van der Waals surface area contributed by atoms with E-state index in [1.165, 1.54) is 12.1 Å². The molecule has 0 unspecified atom stereocenters. The predicted molar refractivity (Wildman–Crippen MR) is 86.0 cm³/mol. The summed E-state index contributed by atoms with van der Waals surface area (Å²) < 4.78 is 26.8. The van der Waals surface area contributed by atoms with Gasteiger partial charge in [0.05, 0.1) is 11.4 Å². The highest BCUT2D eigenvalue weighted by molar-refractivity contribution is 7.89. The Labute approximate surface area is 131 Å². The molecule has 0 atom stereocenters. The molecule has 2 aromatic rings. The summed E-state index contributed by atoms with van der Waals surface area (Å²) in [6.45, 7) is 1.76. The fraction of sp³-hybridized carbons (Fsp3) is 0.167. The van der Waals surface area contributed by atoms with Crippen LogP contribution in [0.3, 0.4) is 0 Å². The van der Waals surface area contributed by atoms with Crippen molar-refractivity contribution in [2.75, 3.05) is 0 Å². The number of aromatic amines is 1. The number of thiazole rings is 1. The van der Waals surface area contributed by atoms with Crippen LogP contribution in [0.5, 0.6) is 0 Å². The molecule has 0 spiro atoms. The van der Waals surface area contributed by atoms with E-state index in [2.05, 4.69) is 9.71 Å². The number of hydrogen-bond donors (Lipinski definition) is 3. The molecule has 21 heavy (non-hydrogen) atoms. The van der Waals surface area contributed by atoms with Crippen LogP contribution in [0.15, 0.2) is 33.3 Å². The Hall–Kier alpha value is -1.55. The fourth-order valence-electron chi connectivity index (χ4n) is 1.74. The third kappa shape index (κ3) is 3.76. The first kappa shape index (κ1) is 15.8. The molecule has 0 aliphatic carbocycles. The molecule has 9 heteroatoms. The van der Waals surface area contributed by atoms with E-state index in [0.717, 1.165) is 11.3 Å². The summed E-state index contributed by atoms with van der Waals surface area (Å²) in [6, 6.07) is 4.53. The van der Waals surface area contributed by atoms with Crippen molar-refractivity contribution in [1.82, 2.24) is 9.71 Å². The standard InChI is InChI=1S/C12H13N3O3S3/c1-7-4-9(2-3-10(7)11(13)19)21(17,18)14-5-8-6-20-12(16)15-8/h2-4,6,14H,5H2,1H3,(H2,13,19)(H,15,16). The number of hydrogen-bond acceptors (Lipinski definition) is 5. The Morgan fingerprint density at radius 3 is 2.71 bits per heavy atom. The lowest BCUT2D eigenvalue weighted by molar-refractivity contribution is 0.580. The first-order valence-electron chi connectivity index (χ1n) is 5.86. The second-order valence-electron chi connectivity index (χ2n) is 4.34. The molecule has 1 heterocycles. The van der Waals surface area contributed by atoms with Crippen LogP contribution in [0.2, 0.25) is 0 Å². The minimum absolute atomic E-state index is 0.0250. The summed E-state index contributed by atoms with van der Waals surface area (Å²) in [4.78, 5) is 13.7. The Kier molecular flexibility index (Phi) is 4.57. The van der Waals surface area contributed by atoms with E-state index in [1.54, 1.807) is 18.4 Å². The van der Waals surface area contributed by atoms with E-state index in [4.69, 9.17) is 18.0 Å². The number of rotatable bonds is 5. The van der Waals surface area contributed by atoms with Gasteiger partial charge < -0.3 is 10.7 Å². The van der Waals surface area contributed by atoms with E-state index in [9.17, 15) is 13.2 Å². The number of benzene rings is 1. The van der Waals surface area contributed by atoms with Gasteiger partial charge in [-0.3, -0.25) is 4.79 Å². The normalized spacial score (nSPS) is 11.5. The molecule has 0 saturated heterocycles. The van der Waals surface area contributed by atoms with Crippen LogP contribution in [0.4, 0.5) is 0 Å². The summed E-state index contributed by atoms with van der Waals surface area (Å²) in [5.41, 5.74) is 7.40. The Balaban J connectivity index is 2.21. The van der Waals surface area contributed by atoms with E-state index in [1.807, 2.05) is 0 Å².